The van der Waals surface area contributed by atoms with Crippen LogP contribution in [0.3, 0.4) is 0 Å². The zero-order valence-electron chi connectivity index (χ0n) is 14.5. The number of piperidine rings is 1. The second kappa shape index (κ2) is 6.26. The van der Waals surface area contributed by atoms with Crippen LogP contribution < -0.4 is 5.69 Å². The number of rotatable bonds is 2. The molecule has 0 saturated carbocycles. The van der Waals surface area contributed by atoms with Crippen LogP contribution in [0.4, 0.5) is 0 Å². The summed E-state index contributed by atoms with van der Waals surface area (Å²) in [5.41, 5.74) is 0.186. The number of nitrogens with zero attached hydrogens (tertiary/aromatic N) is 3. The van der Waals surface area contributed by atoms with Crippen molar-refractivity contribution in [2.75, 3.05) is 13.1 Å². The molecule has 1 aliphatic rings. The highest BCUT2D eigenvalue weighted by Crippen LogP contribution is 2.28. The van der Waals surface area contributed by atoms with Crippen LogP contribution in [0.1, 0.15) is 45.4 Å². The van der Waals surface area contributed by atoms with E-state index >= 15 is 0 Å². The summed E-state index contributed by atoms with van der Waals surface area (Å²) in [7, 11) is 0. The zero-order valence-corrected chi connectivity index (χ0v) is 14.5. The van der Waals surface area contributed by atoms with Gasteiger partial charge >= 0.3 is 5.69 Å². The summed E-state index contributed by atoms with van der Waals surface area (Å²) in [5.74, 6) is 1.09. The third kappa shape index (κ3) is 3.27. The van der Waals surface area contributed by atoms with Gasteiger partial charge in [-0.05, 0) is 25.0 Å². The van der Waals surface area contributed by atoms with Crippen molar-refractivity contribution in [3.8, 4) is 5.69 Å². The van der Waals surface area contributed by atoms with Gasteiger partial charge in [-0.15, -0.1) is 5.10 Å². The number of aromatic amines is 1. The molecule has 24 heavy (non-hydrogen) atoms. The molecule has 1 amide bonds. The van der Waals surface area contributed by atoms with Crippen LogP contribution in [0, 0.1) is 5.41 Å². The van der Waals surface area contributed by atoms with E-state index in [1.807, 2.05) is 56.0 Å². The number of aromatic nitrogens is 3. The van der Waals surface area contributed by atoms with Crippen LogP contribution in [0.15, 0.2) is 35.1 Å². The minimum absolute atomic E-state index is 0.184. The monoisotopic (exact) mass is 328 g/mol. The highest BCUT2D eigenvalue weighted by Gasteiger charge is 2.31. The molecule has 0 atom stereocenters. The molecule has 1 N–H and O–H groups in total. The molecule has 1 fully saturated rings. The Morgan fingerprint density at radius 1 is 1.17 bits per heavy atom. The summed E-state index contributed by atoms with van der Waals surface area (Å²) in [5, 5.41) is 4.47. The number of carbonyl (C=O) groups is 1. The number of benzene rings is 1. The Labute approximate surface area is 141 Å². The predicted molar refractivity (Wildman–Crippen MR) is 92.2 cm³/mol. The number of carbonyl (C=O) groups excluding carboxylic acids is 1. The van der Waals surface area contributed by atoms with Crippen molar-refractivity contribution in [1.82, 2.24) is 19.7 Å². The van der Waals surface area contributed by atoms with Crippen molar-refractivity contribution in [2.45, 2.75) is 39.5 Å². The Morgan fingerprint density at radius 2 is 1.79 bits per heavy atom. The van der Waals surface area contributed by atoms with Crippen LogP contribution in [0.2, 0.25) is 0 Å². The van der Waals surface area contributed by atoms with Crippen molar-refractivity contribution in [3.05, 3.63) is 46.6 Å². The average Bonchev–Trinajstić information content (AvgIpc) is 2.96. The van der Waals surface area contributed by atoms with E-state index in [0.717, 1.165) is 18.5 Å². The summed E-state index contributed by atoms with van der Waals surface area (Å²) in [6, 6.07) is 9.39. The number of hydrogen-bond donors (Lipinski definition) is 1. The number of likely N-dealkylation sites (tertiary alicyclic amines) is 1. The van der Waals surface area contributed by atoms with E-state index < -0.39 is 0 Å². The van der Waals surface area contributed by atoms with Gasteiger partial charge < -0.3 is 4.90 Å². The molecule has 0 aliphatic carbocycles. The van der Waals surface area contributed by atoms with Gasteiger partial charge in [0.15, 0.2) is 0 Å². The van der Waals surface area contributed by atoms with Gasteiger partial charge in [-0.2, -0.15) is 4.68 Å². The van der Waals surface area contributed by atoms with Gasteiger partial charge in [0.1, 0.15) is 5.82 Å². The van der Waals surface area contributed by atoms with Gasteiger partial charge in [0.2, 0.25) is 5.91 Å². The third-order valence-electron chi connectivity index (χ3n) is 4.45. The highest BCUT2D eigenvalue weighted by atomic mass is 16.2. The van der Waals surface area contributed by atoms with E-state index in [1.165, 1.54) is 4.68 Å². The Balaban J connectivity index is 1.72. The molecule has 1 aromatic carbocycles. The summed E-state index contributed by atoms with van der Waals surface area (Å²) in [6.45, 7) is 7.25. The Hall–Kier alpha value is -2.37. The second-order valence-electron chi connectivity index (χ2n) is 7.38. The molecule has 6 heteroatoms. The highest BCUT2D eigenvalue weighted by molar-refractivity contribution is 5.81. The number of hydrogen-bond acceptors (Lipinski definition) is 3. The fourth-order valence-corrected chi connectivity index (χ4v) is 3.10. The molecule has 3 rings (SSSR count). The summed E-state index contributed by atoms with van der Waals surface area (Å²) < 4.78 is 1.40. The topological polar surface area (TPSA) is 71.0 Å². The van der Waals surface area contributed by atoms with Crippen molar-refractivity contribution in [1.29, 1.82) is 0 Å². The fraction of sp³-hybridized carbons (Fsp3) is 0.500. The first-order valence-corrected chi connectivity index (χ1v) is 8.40. The molecule has 128 valence electrons. The van der Waals surface area contributed by atoms with Gasteiger partial charge in [0, 0.05) is 24.4 Å². The van der Waals surface area contributed by atoms with Crippen LogP contribution in [0.25, 0.3) is 5.69 Å². The molecule has 1 aliphatic heterocycles. The zero-order chi connectivity index (χ0) is 17.3. The molecule has 0 spiro atoms. The number of H-pyrrole nitrogens is 1. The third-order valence-corrected chi connectivity index (χ3v) is 4.45. The first-order chi connectivity index (χ1) is 11.4. The van der Waals surface area contributed by atoms with E-state index in [0.29, 0.717) is 18.9 Å². The van der Waals surface area contributed by atoms with Gasteiger partial charge in [-0.25, -0.2) is 4.79 Å². The number of para-hydroxylation sites is 1. The first kappa shape index (κ1) is 16.5. The molecule has 0 unspecified atom stereocenters. The Morgan fingerprint density at radius 3 is 2.38 bits per heavy atom. The van der Waals surface area contributed by atoms with E-state index in [-0.39, 0.29) is 22.9 Å². The fourth-order valence-electron chi connectivity index (χ4n) is 3.10. The normalized spacial score (nSPS) is 16.4. The molecule has 1 saturated heterocycles. The lowest BCUT2D eigenvalue weighted by Gasteiger charge is -2.35. The van der Waals surface area contributed by atoms with Gasteiger partial charge in [0.25, 0.3) is 0 Å². The number of amides is 1. The van der Waals surface area contributed by atoms with E-state index in [2.05, 4.69) is 10.1 Å². The maximum atomic E-state index is 12.4. The molecular weight excluding hydrogens is 304 g/mol. The van der Waals surface area contributed by atoms with Crippen molar-refractivity contribution in [2.24, 2.45) is 5.41 Å². The summed E-state index contributed by atoms with van der Waals surface area (Å²) in [6.07, 6.45) is 1.65. The second-order valence-corrected chi connectivity index (χ2v) is 7.38. The number of nitrogens with one attached hydrogen (secondary N) is 1. The van der Waals surface area contributed by atoms with Crippen LogP contribution in [-0.2, 0) is 4.79 Å². The predicted octanol–water partition coefficient (Wildman–Crippen LogP) is 2.31. The molecule has 2 heterocycles. The van der Waals surface area contributed by atoms with E-state index in [4.69, 9.17) is 0 Å². The van der Waals surface area contributed by atoms with Gasteiger partial charge in [0.05, 0.1) is 5.69 Å². The van der Waals surface area contributed by atoms with Crippen LogP contribution >= 0.6 is 0 Å². The smallest absolute Gasteiger partial charge is 0.342 e. The first-order valence-electron chi connectivity index (χ1n) is 8.40. The lowest BCUT2D eigenvalue weighted by Crippen LogP contribution is -2.43. The van der Waals surface area contributed by atoms with Crippen molar-refractivity contribution < 1.29 is 4.79 Å². The molecular formula is C18H24N4O2. The maximum Gasteiger partial charge on any atom is 0.348 e. The lowest BCUT2D eigenvalue weighted by atomic mass is 9.91. The molecule has 1 aromatic heterocycles. The van der Waals surface area contributed by atoms with Crippen LogP contribution in [-0.4, -0.2) is 38.7 Å². The molecule has 0 radical (unpaired) electrons. The van der Waals surface area contributed by atoms with Crippen LogP contribution in [0.5, 0.6) is 0 Å². The molecule has 2 aromatic rings. The van der Waals surface area contributed by atoms with Crippen molar-refractivity contribution in [3.63, 3.8) is 0 Å². The SMILES string of the molecule is CC(C)(C)C(=O)N1CCC(c2nn(-c3ccccc3)c(=O)[nH]2)CC1. The maximum absolute atomic E-state index is 12.4. The molecule has 0 bridgehead atoms. The molecule has 6 nitrogen and oxygen atoms in total. The Bertz CT molecular complexity index is 762. The standard InChI is InChI=1S/C18H24N4O2/c1-18(2,3)16(23)21-11-9-13(10-12-21)15-19-17(24)22(20-15)14-7-5-4-6-8-14/h4-8,13H,9-12H2,1-3H3,(H,19,20,24). The van der Waals surface area contributed by atoms with Gasteiger partial charge in [-0.3, -0.25) is 9.78 Å². The minimum Gasteiger partial charge on any atom is -0.342 e. The van der Waals surface area contributed by atoms with Crippen molar-refractivity contribution >= 4 is 5.91 Å². The van der Waals surface area contributed by atoms with E-state index in [1.54, 1.807) is 0 Å². The van der Waals surface area contributed by atoms with Gasteiger partial charge in [-0.1, -0.05) is 39.0 Å². The minimum atomic E-state index is -0.351. The van der Waals surface area contributed by atoms with E-state index in [9.17, 15) is 9.59 Å². The largest absolute Gasteiger partial charge is 0.348 e. The summed E-state index contributed by atoms with van der Waals surface area (Å²) in [4.78, 5) is 29.3. The summed E-state index contributed by atoms with van der Waals surface area (Å²) >= 11 is 0. The lowest BCUT2D eigenvalue weighted by molar-refractivity contribution is -0.140. The quantitative estimate of drug-likeness (QED) is 0.919. The Kier molecular flexibility index (Phi) is 4.30. The average molecular weight is 328 g/mol.